The van der Waals surface area contributed by atoms with Gasteiger partial charge < -0.3 is 15.2 Å². The predicted molar refractivity (Wildman–Crippen MR) is 71.3 cm³/mol. The second-order valence-electron chi connectivity index (χ2n) is 4.48. The lowest BCUT2D eigenvalue weighted by atomic mass is 10.1. The summed E-state index contributed by atoms with van der Waals surface area (Å²) < 4.78 is 5.26. The number of nitrogens with one attached hydrogen (secondary N) is 1. The Labute approximate surface area is 116 Å². The van der Waals surface area contributed by atoms with Crippen molar-refractivity contribution in [2.24, 2.45) is 0 Å². The second-order valence-corrected chi connectivity index (χ2v) is 5.36. The molecule has 1 rings (SSSR count). The number of hydrogen-bond donors (Lipinski definition) is 2. The highest BCUT2D eigenvalue weighted by molar-refractivity contribution is 6.34. The molecule has 0 radical (unpaired) electrons. The van der Waals surface area contributed by atoms with Crippen molar-refractivity contribution in [2.75, 3.05) is 13.2 Å². The van der Waals surface area contributed by atoms with Crippen molar-refractivity contribution >= 4 is 29.1 Å². The third kappa shape index (κ3) is 5.12. The number of carbonyl (C=O) groups excluding carboxylic acids is 1. The van der Waals surface area contributed by atoms with Gasteiger partial charge in [0.1, 0.15) is 5.75 Å². The summed E-state index contributed by atoms with van der Waals surface area (Å²) in [5.74, 6) is 0.0922. The van der Waals surface area contributed by atoms with Gasteiger partial charge in [0.25, 0.3) is 5.91 Å². The molecule has 0 saturated carbocycles. The highest BCUT2D eigenvalue weighted by Crippen LogP contribution is 2.24. The van der Waals surface area contributed by atoms with Crippen LogP contribution in [-0.2, 0) is 4.79 Å². The Bertz CT molecular complexity index is 415. The Kier molecular flexibility index (Phi) is 5.26. The molecule has 6 heteroatoms. The first kappa shape index (κ1) is 15.1. The fraction of sp³-hybridized carbons (Fsp3) is 0.417. The molecule has 0 atom stereocenters. The number of benzene rings is 1. The second kappa shape index (κ2) is 6.27. The van der Waals surface area contributed by atoms with Crippen LogP contribution < -0.4 is 10.1 Å². The van der Waals surface area contributed by atoms with Crippen LogP contribution in [0.2, 0.25) is 10.0 Å². The number of carbonyl (C=O) groups is 1. The molecule has 18 heavy (non-hydrogen) atoms. The van der Waals surface area contributed by atoms with Gasteiger partial charge in [0.05, 0.1) is 12.1 Å². The maximum Gasteiger partial charge on any atom is 0.258 e. The molecule has 1 aromatic rings. The van der Waals surface area contributed by atoms with Gasteiger partial charge in [-0.05, 0) is 32.0 Å². The van der Waals surface area contributed by atoms with Crippen molar-refractivity contribution in [3.05, 3.63) is 28.2 Å². The van der Waals surface area contributed by atoms with Crippen LogP contribution in [0.15, 0.2) is 18.2 Å². The topological polar surface area (TPSA) is 58.6 Å². The zero-order valence-electron chi connectivity index (χ0n) is 10.2. The molecule has 2 N–H and O–H groups in total. The summed E-state index contributed by atoms with van der Waals surface area (Å²) in [6.07, 6.45) is 0. The van der Waals surface area contributed by atoms with E-state index in [1.54, 1.807) is 32.0 Å². The summed E-state index contributed by atoms with van der Waals surface area (Å²) in [4.78, 5) is 11.5. The van der Waals surface area contributed by atoms with Gasteiger partial charge in [-0.25, -0.2) is 0 Å². The molecule has 1 aromatic carbocycles. The average Bonchev–Trinajstić information content (AvgIpc) is 2.24. The fourth-order valence-electron chi connectivity index (χ4n) is 1.21. The molecular weight excluding hydrogens is 277 g/mol. The highest BCUT2D eigenvalue weighted by Gasteiger charge is 2.19. The molecule has 0 aliphatic rings. The average molecular weight is 292 g/mol. The van der Waals surface area contributed by atoms with Gasteiger partial charge in [0.15, 0.2) is 6.61 Å². The number of aliphatic hydroxyl groups excluding tert-OH is 1. The van der Waals surface area contributed by atoms with E-state index in [1.165, 1.54) is 0 Å². The molecule has 0 aliphatic carbocycles. The third-order valence-corrected chi connectivity index (χ3v) is 2.52. The van der Waals surface area contributed by atoms with Gasteiger partial charge in [-0.1, -0.05) is 23.2 Å². The van der Waals surface area contributed by atoms with Crippen molar-refractivity contribution in [2.45, 2.75) is 19.4 Å². The lowest BCUT2D eigenvalue weighted by Gasteiger charge is -2.23. The summed E-state index contributed by atoms with van der Waals surface area (Å²) in [5.41, 5.74) is -0.674. The monoisotopic (exact) mass is 291 g/mol. The van der Waals surface area contributed by atoms with Crippen molar-refractivity contribution in [3.63, 3.8) is 0 Å². The minimum Gasteiger partial charge on any atom is -0.484 e. The largest absolute Gasteiger partial charge is 0.484 e. The maximum atomic E-state index is 11.5. The van der Waals surface area contributed by atoms with Crippen molar-refractivity contribution in [3.8, 4) is 5.75 Å². The number of halogens is 2. The smallest absolute Gasteiger partial charge is 0.258 e. The minimum atomic E-state index is -0.674. The molecule has 0 spiro atoms. The molecule has 4 nitrogen and oxygen atoms in total. The molecule has 0 unspecified atom stereocenters. The first-order chi connectivity index (χ1) is 8.32. The number of ether oxygens (including phenoxy) is 1. The van der Waals surface area contributed by atoms with E-state index in [4.69, 9.17) is 33.0 Å². The van der Waals surface area contributed by atoms with E-state index in [0.717, 1.165) is 0 Å². The molecule has 1 amide bonds. The minimum absolute atomic E-state index is 0.151. The Morgan fingerprint density at radius 3 is 2.39 bits per heavy atom. The molecule has 0 heterocycles. The van der Waals surface area contributed by atoms with Crippen LogP contribution in [0.5, 0.6) is 5.75 Å². The Balaban J connectivity index is 2.52. The lowest BCUT2D eigenvalue weighted by molar-refractivity contribution is -0.125. The van der Waals surface area contributed by atoms with Crippen LogP contribution in [0.1, 0.15) is 13.8 Å². The van der Waals surface area contributed by atoms with E-state index >= 15 is 0 Å². The predicted octanol–water partition coefficient (Wildman–Crippen LogP) is 2.26. The molecule has 0 aliphatic heterocycles. The molecule has 0 aromatic heterocycles. The Hall–Kier alpha value is -0.970. The molecule has 0 fully saturated rings. The summed E-state index contributed by atoms with van der Waals surface area (Å²) in [5, 5.41) is 12.5. The lowest BCUT2D eigenvalue weighted by Crippen LogP contribution is -2.48. The number of aliphatic hydroxyl groups is 1. The van der Waals surface area contributed by atoms with Crippen LogP contribution in [0.4, 0.5) is 0 Å². The van der Waals surface area contributed by atoms with Gasteiger partial charge in [-0.2, -0.15) is 0 Å². The van der Waals surface area contributed by atoms with Crippen LogP contribution in [-0.4, -0.2) is 29.8 Å². The van der Waals surface area contributed by atoms with Gasteiger partial charge in [0.2, 0.25) is 0 Å². The summed E-state index contributed by atoms with van der Waals surface area (Å²) in [6.45, 7) is 3.10. The molecule has 0 bridgehead atoms. The zero-order valence-corrected chi connectivity index (χ0v) is 11.7. The van der Waals surface area contributed by atoms with Gasteiger partial charge in [-0.15, -0.1) is 0 Å². The van der Waals surface area contributed by atoms with E-state index in [2.05, 4.69) is 5.32 Å². The van der Waals surface area contributed by atoms with E-state index in [9.17, 15) is 4.79 Å². The van der Waals surface area contributed by atoms with Crippen molar-refractivity contribution in [1.82, 2.24) is 5.32 Å². The molecule has 100 valence electrons. The maximum absolute atomic E-state index is 11.5. The molecule has 0 saturated heterocycles. The number of rotatable bonds is 5. The summed E-state index contributed by atoms with van der Waals surface area (Å²) >= 11 is 11.6. The standard InChI is InChI=1S/C12H15Cl2NO3/c1-12(2,7-16)15-11(17)6-18-10-4-8(13)3-9(14)5-10/h3-5,16H,6-7H2,1-2H3,(H,15,17). The number of amides is 1. The van der Waals surface area contributed by atoms with Crippen LogP contribution >= 0.6 is 23.2 Å². The third-order valence-electron chi connectivity index (χ3n) is 2.08. The number of hydrogen-bond acceptors (Lipinski definition) is 3. The zero-order chi connectivity index (χ0) is 13.8. The van der Waals surface area contributed by atoms with E-state index in [0.29, 0.717) is 15.8 Å². The fourth-order valence-corrected chi connectivity index (χ4v) is 1.72. The van der Waals surface area contributed by atoms with E-state index in [-0.39, 0.29) is 19.1 Å². The van der Waals surface area contributed by atoms with Gasteiger partial charge in [-0.3, -0.25) is 4.79 Å². The van der Waals surface area contributed by atoms with Gasteiger partial charge in [0, 0.05) is 10.0 Å². The summed E-state index contributed by atoms with van der Waals surface area (Å²) in [6, 6.07) is 4.71. The van der Waals surface area contributed by atoms with Crippen LogP contribution in [0.3, 0.4) is 0 Å². The Morgan fingerprint density at radius 2 is 1.89 bits per heavy atom. The Morgan fingerprint density at radius 1 is 1.33 bits per heavy atom. The van der Waals surface area contributed by atoms with Crippen molar-refractivity contribution in [1.29, 1.82) is 0 Å². The molecular formula is C12H15Cl2NO3. The van der Waals surface area contributed by atoms with E-state index < -0.39 is 5.54 Å². The summed E-state index contributed by atoms with van der Waals surface area (Å²) in [7, 11) is 0. The van der Waals surface area contributed by atoms with E-state index in [1.807, 2.05) is 0 Å². The van der Waals surface area contributed by atoms with Crippen molar-refractivity contribution < 1.29 is 14.6 Å². The highest BCUT2D eigenvalue weighted by atomic mass is 35.5. The normalized spacial score (nSPS) is 11.2. The first-order valence-corrected chi connectivity index (χ1v) is 6.09. The van der Waals surface area contributed by atoms with Crippen LogP contribution in [0, 0.1) is 0 Å². The van der Waals surface area contributed by atoms with Gasteiger partial charge >= 0.3 is 0 Å². The quantitative estimate of drug-likeness (QED) is 0.875. The van der Waals surface area contributed by atoms with Crippen LogP contribution in [0.25, 0.3) is 0 Å². The first-order valence-electron chi connectivity index (χ1n) is 5.33. The SMILES string of the molecule is CC(C)(CO)NC(=O)COc1cc(Cl)cc(Cl)c1.